The predicted octanol–water partition coefficient (Wildman–Crippen LogP) is 2.72. The molecule has 0 saturated carbocycles. The maximum Gasteiger partial charge on any atom is 0.349 e. The van der Waals surface area contributed by atoms with Gasteiger partial charge in [-0.05, 0) is 42.5 Å². The van der Waals surface area contributed by atoms with Crippen LogP contribution in [0.4, 0.5) is 4.39 Å². The van der Waals surface area contributed by atoms with Crippen molar-refractivity contribution in [3.8, 4) is 5.75 Å². The summed E-state index contributed by atoms with van der Waals surface area (Å²) in [4.78, 5) is 22.4. The predicted molar refractivity (Wildman–Crippen MR) is 99.9 cm³/mol. The fraction of sp³-hybridized carbons (Fsp3) is 0.333. The van der Waals surface area contributed by atoms with Crippen molar-refractivity contribution in [1.82, 2.24) is 4.31 Å². The van der Waals surface area contributed by atoms with Crippen LogP contribution in [-0.2, 0) is 14.8 Å². The van der Waals surface area contributed by atoms with Crippen molar-refractivity contribution in [2.75, 3.05) is 20.2 Å². The molecule has 2 aromatic rings. The number of rotatable bonds is 6. The Morgan fingerprint density at radius 3 is 2.61 bits per heavy atom. The summed E-state index contributed by atoms with van der Waals surface area (Å²) in [6, 6.07) is 5.32. The molecule has 0 spiro atoms. The summed E-state index contributed by atoms with van der Waals surface area (Å²) < 4.78 is 51.3. The third kappa shape index (κ3) is 4.08. The lowest BCUT2D eigenvalue weighted by atomic mass is 10.1. The van der Waals surface area contributed by atoms with E-state index in [-0.39, 0.29) is 40.3 Å². The van der Waals surface area contributed by atoms with Crippen molar-refractivity contribution in [3.05, 3.63) is 45.9 Å². The van der Waals surface area contributed by atoms with E-state index in [0.717, 1.165) is 17.4 Å². The fourth-order valence-corrected chi connectivity index (χ4v) is 5.71. The lowest BCUT2D eigenvalue weighted by Crippen LogP contribution is -2.42. The van der Waals surface area contributed by atoms with E-state index in [9.17, 15) is 22.4 Å². The van der Waals surface area contributed by atoms with Gasteiger partial charge < -0.3 is 9.47 Å². The van der Waals surface area contributed by atoms with E-state index < -0.39 is 21.8 Å². The maximum absolute atomic E-state index is 14.0. The summed E-state index contributed by atoms with van der Waals surface area (Å²) in [5.74, 6) is -1.31. The second kappa shape index (κ2) is 8.38. The summed E-state index contributed by atoms with van der Waals surface area (Å²) in [7, 11) is -2.65. The quantitative estimate of drug-likeness (QED) is 0.520. The van der Waals surface area contributed by atoms with E-state index in [1.54, 1.807) is 0 Å². The molecule has 1 saturated heterocycles. The zero-order valence-corrected chi connectivity index (χ0v) is 16.6. The molecule has 1 aromatic heterocycles. The van der Waals surface area contributed by atoms with Crippen molar-refractivity contribution in [3.63, 3.8) is 0 Å². The number of hydrogen-bond donors (Lipinski definition) is 0. The molecular weight excluding hydrogens is 409 g/mol. The molecule has 0 atom stereocenters. The number of carbonyl (C=O) groups is 2. The third-order valence-electron chi connectivity index (χ3n) is 4.40. The summed E-state index contributed by atoms with van der Waals surface area (Å²) in [5.41, 5.74) is 0.211. The molecule has 7 nitrogen and oxygen atoms in total. The van der Waals surface area contributed by atoms with Crippen molar-refractivity contribution >= 4 is 33.6 Å². The van der Waals surface area contributed by atoms with Crippen LogP contribution in [0.2, 0.25) is 0 Å². The summed E-state index contributed by atoms with van der Waals surface area (Å²) in [6.07, 6.45) is 0.923. The molecule has 0 aliphatic carbocycles. The molecule has 3 rings (SSSR count). The van der Waals surface area contributed by atoms with Gasteiger partial charge in [-0.25, -0.2) is 17.6 Å². The van der Waals surface area contributed by atoms with Gasteiger partial charge in [-0.3, -0.25) is 4.79 Å². The smallest absolute Gasteiger partial charge is 0.349 e. The first-order valence-electron chi connectivity index (χ1n) is 8.44. The average molecular weight is 427 g/mol. The van der Waals surface area contributed by atoms with Gasteiger partial charge in [-0.2, -0.15) is 4.31 Å². The van der Waals surface area contributed by atoms with Gasteiger partial charge in [-0.1, -0.05) is 0 Å². The first kappa shape index (κ1) is 20.4. The Morgan fingerprint density at radius 2 is 2.00 bits per heavy atom. The molecule has 1 aromatic carbocycles. The fourth-order valence-electron chi connectivity index (χ4n) is 2.94. The molecule has 1 aliphatic heterocycles. The molecule has 2 heterocycles. The van der Waals surface area contributed by atoms with Crippen LogP contribution in [0.1, 0.15) is 32.9 Å². The van der Waals surface area contributed by atoms with Crippen molar-refractivity contribution < 1.29 is 31.9 Å². The second-order valence-corrected chi connectivity index (χ2v) is 8.96. The summed E-state index contributed by atoms with van der Waals surface area (Å²) in [5, 5.41) is 1.53. The Balaban J connectivity index is 1.67. The van der Waals surface area contributed by atoms with Crippen molar-refractivity contribution in [2.24, 2.45) is 0 Å². The molecule has 28 heavy (non-hydrogen) atoms. The first-order chi connectivity index (χ1) is 13.4. The topological polar surface area (TPSA) is 90.0 Å². The number of benzene rings is 1. The Labute approximate surface area is 165 Å². The Morgan fingerprint density at radius 1 is 1.29 bits per heavy atom. The molecule has 10 heteroatoms. The van der Waals surface area contributed by atoms with Crippen LogP contribution in [0.5, 0.6) is 5.75 Å². The van der Waals surface area contributed by atoms with Crippen molar-refractivity contribution in [1.29, 1.82) is 0 Å². The molecule has 150 valence electrons. The maximum atomic E-state index is 14.0. The van der Waals surface area contributed by atoms with E-state index >= 15 is 0 Å². The Hall–Kier alpha value is -2.30. The normalized spacial score (nSPS) is 15.9. The average Bonchev–Trinajstić information content (AvgIpc) is 3.20. The number of thiophene rings is 1. The third-order valence-corrected chi connectivity index (χ3v) is 7.37. The van der Waals surface area contributed by atoms with Gasteiger partial charge in [0, 0.05) is 18.7 Å². The van der Waals surface area contributed by atoms with Gasteiger partial charge in [0.15, 0.2) is 11.6 Å². The van der Waals surface area contributed by atoms with Crippen LogP contribution in [0.3, 0.4) is 0 Å². The minimum absolute atomic E-state index is 0.0257. The molecule has 0 radical (unpaired) electrons. The minimum Gasteiger partial charge on any atom is -0.487 e. The van der Waals surface area contributed by atoms with Gasteiger partial charge in [0.05, 0.1) is 7.11 Å². The number of aldehydes is 1. The van der Waals surface area contributed by atoms with Gasteiger partial charge in [0.2, 0.25) is 10.0 Å². The van der Waals surface area contributed by atoms with Crippen LogP contribution < -0.4 is 4.74 Å². The molecular formula is C18H18FNO6S2. The number of carbonyl (C=O) groups excluding carboxylic acids is 2. The van der Waals surface area contributed by atoms with Crippen LogP contribution >= 0.6 is 11.3 Å². The number of nitrogens with zero attached hydrogens (tertiary/aromatic N) is 1. The lowest BCUT2D eigenvalue weighted by Gasteiger charge is -2.31. The van der Waals surface area contributed by atoms with Crippen LogP contribution in [0.25, 0.3) is 0 Å². The van der Waals surface area contributed by atoms with E-state index in [2.05, 4.69) is 4.74 Å². The number of ether oxygens (including phenoxy) is 2. The number of methoxy groups -OCH3 is 1. The van der Waals surface area contributed by atoms with E-state index in [1.165, 1.54) is 35.0 Å². The molecule has 0 bridgehead atoms. The van der Waals surface area contributed by atoms with Gasteiger partial charge in [0.1, 0.15) is 22.2 Å². The minimum atomic E-state index is -3.84. The zero-order chi connectivity index (χ0) is 20.3. The second-order valence-electron chi connectivity index (χ2n) is 6.13. The number of piperidine rings is 1. The zero-order valence-electron chi connectivity index (χ0n) is 15.0. The SMILES string of the molecule is COC(=O)c1sccc1S(=O)(=O)N1CCC(Oc2ccc(C=O)cc2F)CC1. The van der Waals surface area contributed by atoms with Gasteiger partial charge >= 0.3 is 5.97 Å². The largest absolute Gasteiger partial charge is 0.487 e. The summed E-state index contributed by atoms with van der Waals surface area (Å²) >= 11 is 1.01. The summed E-state index contributed by atoms with van der Waals surface area (Å²) in [6.45, 7) is 0.356. The molecule has 1 fully saturated rings. The number of hydrogen-bond acceptors (Lipinski definition) is 7. The Bertz CT molecular complexity index is 980. The van der Waals surface area contributed by atoms with Gasteiger partial charge in [-0.15, -0.1) is 11.3 Å². The molecule has 0 N–H and O–H groups in total. The first-order valence-corrected chi connectivity index (χ1v) is 10.8. The lowest BCUT2D eigenvalue weighted by molar-refractivity contribution is 0.0601. The van der Waals surface area contributed by atoms with Crippen LogP contribution in [0, 0.1) is 5.82 Å². The highest BCUT2D eigenvalue weighted by Gasteiger charge is 2.34. The number of esters is 1. The number of sulfonamides is 1. The van der Waals surface area contributed by atoms with Gasteiger partial charge in [0.25, 0.3) is 0 Å². The molecule has 0 amide bonds. The van der Waals surface area contributed by atoms with Crippen molar-refractivity contribution in [2.45, 2.75) is 23.8 Å². The highest BCUT2D eigenvalue weighted by atomic mass is 32.2. The molecule has 0 unspecified atom stereocenters. The monoisotopic (exact) mass is 427 g/mol. The van der Waals surface area contributed by atoms with E-state index in [0.29, 0.717) is 19.1 Å². The standard InChI is InChI=1S/C18H18FNO6S2/c1-25-18(22)17-16(6-9-27-17)28(23,24)20-7-4-13(5-8-20)26-15-3-2-12(11-21)10-14(15)19/h2-3,6,9-11,13H,4-5,7-8H2,1H3. The van der Waals surface area contributed by atoms with Crippen LogP contribution in [0.15, 0.2) is 34.5 Å². The highest BCUT2D eigenvalue weighted by molar-refractivity contribution is 7.89. The highest BCUT2D eigenvalue weighted by Crippen LogP contribution is 2.29. The van der Waals surface area contributed by atoms with E-state index in [1.807, 2.05) is 0 Å². The van der Waals surface area contributed by atoms with Crippen LogP contribution in [-0.4, -0.2) is 51.3 Å². The number of halogens is 1. The Kier molecular flexibility index (Phi) is 6.11. The molecule has 1 aliphatic rings. The van der Waals surface area contributed by atoms with E-state index in [4.69, 9.17) is 4.74 Å².